The van der Waals surface area contributed by atoms with E-state index in [4.69, 9.17) is 15.2 Å². The normalized spacial score (nSPS) is 22.5. The molecule has 0 aliphatic carbocycles. The molecule has 1 aromatic heterocycles. The molecule has 112 valence electrons. The van der Waals surface area contributed by atoms with Crippen LogP contribution < -0.4 is 15.4 Å². The Kier molecular flexibility index (Phi) is 3.94. The molecular formula is C16H21N3O2. The Bertz CT molecular complexity index is 632. The molecule has 0 spiro atoms. The van der Waals surface area contributed by atoms with Gasteiger partial charge in [0.1, 0.15) is 11.6 Å². The number of pyridine rings is 1. The van der Waals surface area contributed by atoms with E-state index in [1.807, 2.05) is 24.4 Å². The highest BCUT2D eigenvalue weighted by atomic mass is 16.5. The van der Waals surface area contributed by atoms with Crippen molar-refractivity contribution in [2.75, 3.05) is 31.7 Å². The maximum atomic E-state index is 5.76. The third-order valence-corrected chi connectivity index (χ3v) is 4.01. The molecule has 0 amide bonds. The third kappa shape index (κ3) is 2.54. The summed E-state index contributed by atoms with van der Waals surface area (Å²) in [5.74, 6) is 1.84. The molecule has 2 atom stereocenters. The smallest absolute Gasteiger partial charge is 0.136 e. The number of aromatic nitrogens is 1. The number of nitrogens with zero attached hydrogens (tertiary/aromatic N) is 2. The summed E-state index contributed by atoms with van der Waals surface area (Å²) >= 11 is 0. The van der Waals surface area contributed by atoms with Gasteiger partial charge in [-0.3, -0.25) is 0 Å². The number of hydrogen-bond acceptors (Lipinski definition) is 5. The SMILES string of the molecule is COc1cccc2c(N3CC(CN)OCC3C)nccc12. The molecule has 2 N–H and O–H groups in total. The van der Waals surface area contributed by atoms with Crippen LogP contribution in [0.4, 0.5) is 5.82 Å². The Balaban J connectivity index is 2.07. The lowest BCUT2D eigenvalue weighted by Gasteiger charge is -2.39. The molecule has 2 aromatic rings. The highest BCUT2D eigenvalue weighted by Crippen LogP contribution is 2.32. The van der Waals surface area contributed by atoms with Gasteiger partial charge in [-0.25, -0.2) is 4.98 Å². The van der Waals surface area contributed by atoms with Crippen LogP contribution in [-0.4, -0.2) is 43.9 Å². The Morgan fingerprint density at radius 3 is 3.00 bits per heavy atom. The Morgan fingerprint density at radius 1 is 1.38 bits per heavy atom. The van der Waals surface area contributed by atoms with Crippen molar-refractivity contribution in [3.8, 4) is 5.75 Å². The van der Waals surface area contributed by atoms with Crippen LogP contribution >= 0.6 is 0 Å². The maximum absolute atomic E-state index is 5.76. The quantitative estimate of drug-likeness (QED) is 0.932. The van der Waals surface area contributed by atoms with Gasteiger partial charge >= 0.3 is 0 Å². The molecule has 5 heteroatoms. The minimum Gasteiger partial charge on any atom is -0.496 e. The lowest BCUT2D eigenvalue weighted by atomic mass is 10.1. The van der Waals surface area contributed by atoms with E-state index in [2.05, 4.69) is 22.9 Å². The summed E-state index contributed by atoms with van der Waals surface area (Å²) in [6.07, 6.45) is 1.89. The standard InChI is InChI=1S/C16H21N3O2/c1-11-10-21-12(8-17)9-19(11)16-14-4-3-5-15(20-2)13(14)6-7-18-16/h3-7,11-12H,8-10,17H2,1-2H3. The molecule has 1 aliphatic rings. The summed E-state index contributed by atoms with van der Waals surface area (Å²) in [4.78, 5) is 6.88. The van der Waals surface area contributed by atoms with E-state index in [-0.39, 0.29) is 12.1 Å². The summed E-state index contributed by atoms with van der Waals surface area (Å²) in [5, 5.41) is 2.18. The lowest BCUT2D eigenvalue weighted by molar-refractivity contribution is 0.0281. The topological polar surface area (TPSA) is 60.6 Å². The molecule has 2 heterocycles. The van der Waals surface area contributed by atoms with Crippen molar-refractivity contribution in [3.05, 3.63) is 30.5 Å². The van der Waals surface area contributed by atoms with E-state index in [0.29, 0.717) is 13.2 Å². The highest BCUT2D eigenvalue weighted by Gasteiger charge is 2.27. The number of rotatable bonds is 3. The van der Waals surface area contributed by atoms with Crippen LogP contribution in [0.5, 0.6) is 5.75 Å². The van der Waals surface area contributed by atoms with Crippen molar-refractivity contribution in [2.24, 2.45) is 5.73 Å². The minimum absolute atomic E-state index is 0.0591. The van der Waals surface area contributed by atoms with Crippen molar-refractivity contribution in [2.45, 2.75) is 19.1 Å². The summed E-state index contributed by atoms with van der Waals surface area (Å²) in [6.45, 7) is 4.11. The number of anilines is 1. The van der Waals surface area contributed by atoms with Gasteiger partial charge in [0.15, 0.2) is 0 Å². The average molecular weight is 287 g/mol. The Hall–Kier alpha value is -1.85. The number of nitrogens with two attached hydrogens (primary N) is 1. The molecule has 0 saturated carbocycles. The molecule has 0 bridgehead atoms. The molecule has 1 aromatic carbocycles. The van der Waals surface area contributed by atoms with E-state index < -0.39 is 0 Å². The summed E-state index contributed by atoms with van der Waals surface area (Å²) in [6, 6.07) is 8.32. The summed E-state index contributed by atoms with van der Waals surface area (Å²) < 4.78 is 11.2. The second kappa shape index (κ2) is 5.87. The monoisotopic (exact) mass is 287 g/mol. The first-order valence-corrected chi connectivity index (χ1v) is 7.24. The van der Waals surface area contributed by atoms with Gasteiger partial charge in [0.25, 0.3) is 0 Å². The van der Waals surface area contributed by atoms with E-state index in [1.165, 1.54) is 0 Å². The van der Waals surface area contributed by atoms with Crippen LogP contribution in [0.15, 0.2) is 30.5 Å². The fourth-order valence-corrected chi connectivity index (χ4v) is 2.82. The van der Waals surface area contributed by atoms with Gasteiger partial charge in [0.05, 0.1) is 25.9 Å². The highest BCUT2D eigenvalue weighted by molar-refractivity contribution is 5.96. The van der Waals surface area contributed by atoms with Crippen molar-refractivity contribution < 1.29 is 9.47 Å². The molecular weight excluding hydrogens is 266 g/mol. The first-order valence-electron chi connectivity index (χ1n) is 7.24. The number of morpholine rings is 1. The van der Waals surface area contributed by atoms with E-state index in [0.717, 1.165) is 28.9 Å². The van der Waals surface area contributed by atoms with Crippen LogP contribution in [-0.2, 0) is 4.74 Å². The molecule has 1 saturated heterocycles. The van der Waals surface area contributed by atoms with Crippen LogP contribution in [0.2, 0.25) is 0 Å². The van der Waals surface area contributed by atoms with Crippen molar-refractivity contribution >= 4 is 16.6 Å². The molecule has 1 fully saturated rings. The number of ether oxygens (including phenoxy) is 2. The van der Waals surface area contributed by atoms with Gasteiger partial charge in [0, 0.05) is 30.1 Å². The van der Waals surface area contributed by atoms with Crippen LogP contribution in [0.1, 0.15) is 6.92 Å². The van der Waals surface area contributed by atoms with Gasteiger partial charge in [-0.15, -0.1) is 0 Å². The van der Waals surface area contributed by atoms with Gasteiger partial charge in [0.2, 0.25) is 0 Å². The summed E-state index contributed by atoms with van der Waals surface area (Å²) in [7, 11) is 1.69. The number of hydrogen-bond donors (Lipinski definition) is 1. The van der Waals surface area contributed by atoms with Gasteiger partial charge in [-0.1, -0.05) is 12.1 Å². The lowest BCUT2D eigenvalue weighted by Crippen LogP contribution is -2.51. The van der Waals surface area contributed by atoms with Crippen LogP contribution in [0.25, 0.3) is 10.8 Å². The molecule has 1 aliphatic heterocycles. The molecule has 2 unspecified atom stereocenters. The number of benzene rings is 1. The average Bonchev–Trinajstić information content (AvgIpc) is 2.54. The molecule has 0 radical (unpaired) electrons. The molecule has 21 heavy (non-hydrogen) atoms. The van der Waals surface area contributed by atoms with Crippen LogP contribution in [0, 0.1) is 0 Å². The Labute approximate surface area is 124 Å². The fraction of sp³-hybridized carbons (Fsp3) is 0.438. The maximum Gasteiger partial charge on any atom is 0.136 e. The predicted octanol–water partition coefficient (Wildman–Crippen LogP) is 1.80. The van der Waals surface area contributed by atoms with Crippen molar-refractivity contribution in [3.63, 3.8) is 0 Å². The number of methoxy groups -OCH3 is 1. The van der Waals surface area contributed by atoms with Crippen molar-refractivity contribution in [1.82, 2.24) is 4.98 Å². The van der Waals surface area contributed by atoms with Gasteiger partial charge < -0.3 is 20.1 Å². The Morgan fingerprint density at radius 2 is 2.24 bits per heavy atom. The summed E-state index contributed by atoms with van der Waals surface area (Å²) in [5.41, 5.74) is 5.76. The molecule has 5 nitrogen and oxygen atoms in total. The zero-order valence-electron chi connectivity index (χ0n) is 12.5. The van der Waals surface area contributed by atoms with Crippen molar-refractivity contribution in [1.29, 1.82) is 0 Å². The van der Waals surface area contributed by atoms with E-state index in [9.17, 15) is 0 Å². The second-order valence-corrected chi connectivity index (χ2v) is 5.38. The van der Waals surface area contributed by atoms with E-state index >= 15 is 0 Å². The predicted molar refractivity (Wildman–Crippen MR) is 83.9 cm³/mol. The zero-order chi connectivity index (χ0) is 14.8. The van der Waals surface area contributed by atoms with Gasteiger partial charge in [-0.05, 0) is 19.1 Å². The fourth-order valence-electron chi connectivity index (χ4n) is 2.82. The first-order chi connectivity index (χ1) is 10.2. The first kappa shape index (κ1) is 14.1. The number of fused-ring (bicyclic) bond motifs is 1. The van der Waals surface area contributed by atoms with Crippen LogP contribution in [0.3, 0.4) is 0 Å². The third-order valence-electron chi connectivity index (χ3n) is 4.01. The largest absolute Gasteiger partial charge is 0.496 e. The molecule has 3 rings (SSSR count). The van der Waals surface area contributed by atoms with E-state index in [1.54, 1.807) is 7.11 Å². The second-order valence-electron chi connectivity index (χ2n) is 5.38. The zero-order valence-corrected chi connectivity index (χ0v) is 12.5. The van der Waals surface area contributed by atoms with Gasteiger partial charge in [-0.2, -0.15) is 0 Å². The minimum atomic E-state index is 0.0591.